The number of nitrogens with one attached hydrogen (secondary N) is 2. The third-order valence-corrected chi connectivity index (χ3v) is 3.08. The third-order valence-electron chi connectivity index (χ3n) is 2.78. The van der Waals surface area contributed by atoms with Gasteiger partial charge in [-0.3, -0.25) is 0 Å². The molecule has 0 saturated heterocycles. The van der Waals surface area contributed by atoms with E-state index in [0.29, 0.717) is 34.0 Å². The number of methoxy groups -OCH3 is 2. The minimum absolute atomic E-state index is 0.165. The van der Waals surface area contributed by atoms with Crippen LogP contribution in [-0.4, -0.2) is 34.9 Å². The minimum atomic E-state index is -0.165. The number of hydrogen-bond donors (Lipinski definition) is 2. The van der Waals surface area contributed by atoms with Crippen LogP contribution in [0.3, 0.4) is 0 Å². The van der Waals surface area contributed by atoms with Gasteiger partial charge in [0.15, 0.2) is 5.82 Å². The molecule has 2 N–H and O–H groups in total. The molecule has 7 nitrogen and oxygen atoms in total. The van der Waals surface area contributed by atoms with E-state index < -0.39 is 0 Å². The third kappa shape index (κ3) is 4.59. The molecule has 0 saturated carbocycles. The van der Waals surface area contributed by atoms with Gasteiger partial charge in [-0.1, -0.05) is 11.6 Å². The molecular weight excluding hydrogens is 318 g/mol. The zero-order valence-electron chi connectivity index (χ0n) is 13.8. The Morgan fingerprint density at radius 1 is 1.09 bits per heavy atom. The first-order valence-corrected chi connectivity index (χ1v) is 7.36. The smallest absolute Gasteiger partial charge is 0.245 e. The second kappa shape index (κ2) is 6.87. The van der Waals surface area contributed by atoms with Crippen LogP contribution in [0.5, 0.6) is 11.5 Å². The van der Waals surface area contributed by atoms with Crippen molar-refractivity contribution in [2.24, 2.45) is 0 Å². The van der Waals surface area contributed by atoms with Gasteiger partial charge in [-0.15, -0.1) is 5.10 Å². The molecular formula is C15H20ClN5O2. The van der Waals surface area contributed by atoms with Crippen molar-refractivity contribution >= 4 is 29.1 Å². The summed E-state index contributed by atoms with van der Waals surface area (Å²) in [5.41, 5.74) is 0.498. The van der Waals surface area contributed by atoms with E-state index >= 15 is 0 Å². The predicted molar refractivity (Wildman–Crippen MR) is 91.0 cm³/mol. The summed E-state index contributed by atoms with van der Waals surface area (Å²) in [6.45, 7) is 6.05. The monoisotopic (exact) mass is 337 g/mol. The van der Waals surface area contributed by atoms with E-state index in [2.05, 4.69) is 25.8 Å². The molecule has 1 aromatic heterocycles. The molecule has 0 aliphatic heterocycles. The van der Waals surface area contributed by atoms with Crippen molar-refractivity contribution in [3.8, 4) is 11.5 Å². The number of anilines is 3. The fourth-order valence-electron chi connectivity index (χ4n) is 1.85. The Morgan fingerprint density at radius 2 is 1.78 bits per heavy atom. The van der Waals surface area contributed by atoms with Crippen LogP contribution in [0.25, 0.3) is 0 Å². The lowest BCUT2D eigenvalue weighted by molar-refractivity contribution is 0.405. The van der Waals surface area contributed by atoms with Gasteiger partial charge in [0.05, 0.1) is 31.1 Å². The topological polar surface area (TPSA) is 81.2 Å². The zero-order chi connectivity index (χ0) is 17.0. The van der Waals surface area contributed by atoms with Crippen LogP contribution in [0.1, 0.15) is 20.8 Å². The molecule has 0 bridgehead atoms. The Morgan fingerprint density at radius 3 is 2.39 bits per heavy atom. The van der Waals surface area contributed by atoms with Crippen molar-refractivity contribution in [2.75, 3.05) is 24.9 Å². The molecule has 0 unspecified atom stereocenters. The predicted octanol–water partition coefficient (Wildman–Crippen LogP) is 3.50. The molecule has 0 aliphatic carbocycles. The van der Waals surface area contributed by atoms with E-state index in [9.17, 15) is 0 Å². The fraction of sp³-hybridized carbons (Fsp3) is 0.400. The minimum Gasteiger partial charge on any atom is -0.495 e. The lowest BCUT2D eigenvalue weighted by Crippen LogP contribution is -2.27. The Bertz CT molecular complexity index is 688. The van der Waals surface area contributed by atoms with Crippen LogP contribution in [-0.2, 0) is 0 Å². The van der Waals surface area contributed by atoms with Crippen LogP contribution in [0.15, 0.2) is 18.3 Å². The number of ether oxygens (including phenoxy) is 2. The number of hydrogen-bond acceptors (Lipinski definition) is 7. The Balaban J connectivity index is 2.30. The van der Waals surface area contributed by atoms with Crippen molar-refractivity contribution in [1.82, 2.24) is 15.2 Å². The number of aromatic nitrogens is 3. The molecule has 1 heterocycles. The summed E-state index contributed by atoms with van der Waals surface area (Å²) in [5.74, 6) is 2.06. The maximum Gasteiger partial charge on any atom is 0.245 e. The van der Waals surface area contributed by atoms with Gasteiger partial charge >= 0.3 is 0 Å². The average molecular weight is 338 g/mol. The maximum atomic E-state index is 6.10. The van der Waals surface area contributed by atoms with Gasteiger partial charge in [-0.2, -0.15) is 10.1 Å². The van der Waals surface area contributed by atoms with Gasteiger partial charge in [0, 0.05) is 17.7 Å². The summed E-state index contributed by atoms with van der Waals surface area (Å²) >= 11 is 6.10. The summed E-state index contributed by atoms with van der Waals surface area (Å²) in [5, 5.41) is 14.7. The lowest BCUT2D eigenvalue weighted by atomic mass is 10.1. The molecule has 0 fully saturated rings. The molecule has 0 aliphatic rings. The number of halogens is 1. The molecule has 0 radical (unpaired) electrons. The van der Waals surface area contributed by atoms with Crippen molar-refractivity contribution in [3.63, 3.8) is 0 Å². The number of benzene rings is 1. The quantitative estimate of drug-likeness (QED) is 0.864. The molecule has 124 valence electrons. The second-order valence-electron chi connectivity index (χ2n) is 5.85. The van der Waals surface area contributed by atoms with E-state index in [1.165, 1.54) is 6.20 Å². The van der Waals surface area contributed by atoms with E-state index in [4.69, 9.17) is 21.1 Å². The van der Waals surface area contributed by atoms with Crippen LogP contribution < -0.4 is 20.1 Å². The summed E-state index contributed by atoms with van der Waals surface area (Å²) in [6, 6.07) is 3.41. The van der Waals surface area contributed by atoms with Crippen molar-refractivity contribution in [3.05, 3.63) is 23.4 Å². The van der Waals surface area contributed by atoms with Gasteiger partial charge in [0.2, 0.25) is 5.95 Å². The van der Waals surface area contributed by atoms with Gasteiger partial charge in [0.1, 0.15) is 11.5 Å². The first-order chi connectivity index (χ1) is 10.8. The molecule has 0 atom stereocenters. The van der Waals surface area contributed by atoms with E-state index in [1.807, 2.05) is 20.8 Å². The molecule has 0 spiro atoms. The average Bonchev–Trinajstić information content (AvgIpc) is 2.47. The highest BCUT2D eigenvalue weighted by atomic mass is 35.5. The summed E-state index contributed by atoms with van der Waals surface area (Å²) < 4.78 is 10.6. The van der Waals surface area contributed by atoms with Gasteiger partial charge in [-0.05, 0) is 20.8 Å². The SMILES string of the molecule is COc1cc(Nc2cnnc(NC(C)(C)C)n2)c(OC)cc1Cl. The van der Waals surface area contributed by atoms with Crippen LogP contribution in [0, 0.1) is 0 Å². The maximum absolute atomic E-state index is 6.10. The molecule has 2 aromatic rings. The van der Waals surface area contributed by atoms with Crippen molar-refractivity contribution < 1.29 is 9.47 Å². The Hall–Kier alpha value is -2.28. The Labute approximate surface area is 140 Å². The van der Waals surface area contributed by atoms with E-state index in [-0.39, 0.29) is 5.54 Å². The standard InChI is InChI=1S/C15H20ClN5O2/c1-15(2,3)20-14-19-13(8-17-21-14)18-10-7-11(22-4)9(16)6-12(10)23-5/h6-8H,1-5H3,(H2,18,19,20,21). The molecule has 8 heteroatoms. The first kappa shape index (κ1) is 17.1. The van der Waals surface area contributed by atoms with Gasteiger partial charge in [-0.25, -0.2) is 0 Å². The second-order valence-corrected chi connectivity index (χ2v) is 6.26. The van der Waals surface area contributed by atoms with Crippen LogP contribution in [0.2, 0.25) is 5.02 Å². The highest BCUT2D eigenvalue weighted by Gasteiger charge is 2.14. The van der Waals surface area contributed by atoms with E-state index in [1.54, 1.807) is 26.4 Å². The fourth-order valence-corrected chi connectivity index (χ4v) is 2.08. The van der Waals surface area contributed by atoms with E-state index in [0.717, 1.165) is 0 Å². The lowest BCUT2D eigenvalue weighted by Gasteiger charge is -2.20. The normalized spacial score (nSPS) is 11.0. The molecule has 0 amide bonds. The van der Waals surface area contributed by atoms with Crippen molar-refractivity contribution in [1.29, 1.82) is 0 Å². The highest BCUT2D eigenvalue weighted by Crippen LogP contribution is 2.37. The molecule has 2 rings (SSSR count). The zero-order valence-corrected chi connectivity index (χ0v) is 14.5. The first-order valence-electron chi connectivity index (χ1n) is 6.99. The van der Waals surface area contributed by atoms with Crippen LogP contribution >= 0.6 is 11.6 Å². The largest absolute Gasteiger partial charge is 0.495 e. The number of rotatable bonds is 5. The summed E-state index contributed by atoms with van der Waals surface area (Å²) in [6.07, 6.45) is 1.52. The summed E-state index contributed by atoms with van der Waals surface area (Å²) in [4.78, 5) is 4.38. The van der Waals surface area contributed by atoms with Gasteiger partial charge in [0.25, 0.3) is 0 Å². The number of nitrogens with zero attached hydrogens (tertiary/aromatic N) is 3. The van der Waals surface area contributed by atoms with Crippen molar-refractivity contribution in [2.45, 2.75) is 26.3 Å². The molecule has 1 aromatic carbocycles. The molecule has 23 heavy (non-hydrogen) atoms. The van der Waals surface area contributed by atoms with Crippen LogP contribution in [0.4, 0.5) is 17.5 Å². The highest BCUT2D eigenvalue weighted by molar-refractivity contribution is 6.32. The Kier molecular flexibility index (Phi) is 5.10. The van der Waals surface area contributed by atoms with Gasteiger partial charge < -0.3 is 20.1 Å². The summed E-state index contributed by atoms with van der Waals surface area (Å²) in [7, 11) is 3.11.